The monoisotopic (exact) mass is 413 g/mol. The normalized spacial score (nSPS) is 12.6. The Bertz CT molecular complexity index is 1230. The Kier molecular flexibility index (Phi) is 5.04. The molecule has 0 saturated heterocycles. The summed E-state index contributed by atoms with van der Waals surface area (Å²) in [5.41, 5.74) is 4.36. The van der Waals surface area contributed by atoms with Crippen molar-refractivity contribution in [1.29, 1.82) is 0 Å². The van der Waals surface area contributed by atoms with Gasteiger partial charge in [0, 0.05) is 23.7 Å². The fraction of sp³-hybridized carbons (Fsp3) is 0.200. The van der Waals surface area contributed by atoms with Crippen LogP contribution in [0.3, 0.4) is 0 Å². The summed E-state index contributed by atoms with van der Waals surface area (Å²) in [6.45, 7) is 1.40. The maximum Gasteiger partial charge on any atom is 0.162 e. The molecule has 0 N–H and O–H groups in total. The zero-order valence-electron chi connectivity index (χ0n) is 17.5. The minimum absolute atomic E-state index is 0.557. The van der Waals surface area contributed by atoms with Crippen LogP contribution in [-0.2, 0) is 13.0 Å². The molecule has 0 saturated carbocycles. The van der Waals surface area contributed by atoms with Crippen molar-refractivity contribution in [2.24, 2.45) is 0 Å². The second-order valence-corrected chi connectivity index (χ2v) is 7.39. The highest BCUT2D eigenvalue weighted by atomic mass is 16.5. The third kappa shape index (κ3) is 3.61. The molecule has 6 heteroatoms. The maximum atomic E-state index is 6.01. The summed E-state index contributed by atoms with van der Waals surface area (Å²) >= 11 is 0. The minimum atomic E-state index is 0.557. The summed E-state index contributed by atoms with van der Waals surface area (Å²) in [5.74, 6) is 3.06. The van der Waals surface area contributed by atoms with Gasteiger partial charge in [-0.15, -0.1) is 0 Å². The van der Waals surface area contributed by atoms with Gasteiger partial charge in [-0.2, -0.15) is 0 Å². The lowest BCUT2D eigenvalue weighted by Crippen LogP contribution is -2.15. The zero-order chi connectivity index (χ0) is 21.2. The lowest BCUT2D eigenvalue weighted by atomic mass is 10.1. The third-order valence-corrected chi connectivity index (χ3v) is 5.57. The molecule has 0 bridgehead atoms. The largest absolute Gasteiger partial charge is 0.493 e. The van der Waals surface area contributed by atoms with Crippen LogP contribution in [0.1, 0.15) is 11.1 Å². The van der Waals surface area contributed by atoms with E-state index in [2.05, 4.69) is 39.1 Å². The molecule has 156 valence electrons. The summed E-state index contributed by atoms with van der Waals surface area (Å²) in [6.07, 6.45) is 2.52. The average molecular weight is 413 g/mol. The predicted molar refractivity (Wildman–Crippen MR) is 121 cm³/mol. The van der Waals surface area contributed by atoms with Crippen molar-refractivity contribution in [2.75, 3.05) is 25.7 Å². The number of nitrogens with zero attached hydrogens (tertiary/aromatic N) is 3. The molecule has 0 amide bonds. The number of ether oxygens (including phenoxy) is 3. The summed E-state index contributed by atoms with van der Waals surface area (Å²) < 4.78 is 16.9. The van der Waals surface area contributed by atoms with Crippen LogP contribution in [0.5, 0.6) is 17.2 Å². The molecular formula is C25H23N3O3. The van der Waals surface area contributed by atoms with Crippen LogP contribution in [-0.4, -0.2) is 30.7 Å². The van der Waals surface area contributed by atoms with Gasteiger partial charge < -0.3 is 19.1 Å². The van der Waals surface area contributed by atoms with Gasteiger partial charge in [0.15, 0.2) is 11.5 Å². The lowest BCUT2D eigenvalue weighted by molar-refractivity contribution is 0.306. The molecule has 5 rings (SSSR count). The first-order valence-corrected chi connectivity index (χ1v) is 10.2. The number of aromatic nitrogens is 2. The molecule has 0 unspecified atom stereocenters. The number of anilines is 2. The fourth-order valence-electron chi connectivity index (χ4n) is 4.01. The van der Waals surface area contributed by atoms with E-state index < -0.39 is 0 Å². The van der Waals surface area contributed by atoms with Crippen molar-refractivity contribution < 1.29 is 14.2 Å². The highest BCUT2D eigenvalue weighted by molar-refractivity contribution is 5.94. The Morgan fingerprint density at radius 2 is 1.71 bits per heavy atom. The smallest absolute Gasteiger partial charge is 0.162 e. The molecule has 0 radical (unpaired) electrons. The number of benzene rings is 3. The van der Waals surface area contributed by atoms with E-state index in [1.807, 2.05) is 36.4 Å². The Labute approximate surface area is 181 Å². The Balaban J connectivity index is 1.45. The van der Waals surface area contributed by atoms with Crippen LogP contribution in [0.4, 0.5) is 11.5 Å². The topological polar surface area (TPSA) is 56.7 Å². The molecule has 1 aliphatic heterocycles. The summed E-state index contributed by atoms with van der Waals surface area (Å²) in [5, 5.41) is 0.928. The van der Waals surface area contributed by atoms with E-state index in [4.69, 9.17) is 14.2 Å². The standard InChI is InChI=1S/C25H23N3O3/c1-29-23-13-20-21(14-24(23)30-2)26-16-27-25(20)28-11-10-18-12-19(8-9-22(18)28)31-15-17-6-4-3-5-7-17/h3-9,12-14,16H,10-11,15H2,1-2H3. The van der Waals surface area contributed by atoms with Gasteiger partial charge in [-0.1, -0.05) is 30.3 Å². The minimum Gasteiger partial charge on any atom is -0.493 e. The average Bonchev–Trinajstić information content (AvgIpc) is 3.25. The quantitative estimate of drug-likeness (QED) is 0.447. The molecule has 1 aliphatic rings. The van der Waals surface area contributed by atoms with E-state index in [9.17, 15) is 0 Å². The SMILES string of the molecule is COc1cc2ncnc(N3CCc4cc(OCc5ccccc5)ccc43)c2cc1OC. The highest BCUT2D eigenvalue weighted by Gasteiger charge is 2.24. The van der Waals surface area contributed by atoms with Crippen molar-refractivity contribution in [3.63, 3.8) is 0 Å². The van der Waals surface area contributed by atoms with Crippen molar-refractivity contribution >= 4 is 22.4 Å². The highest BCUT2D eigenvalue weighted by Crippen LogP contribution is 2.40. The molecule has 2 heterocycles. The van der Waals surface area contributed by atoms with Gasteiger partial charge in [0.1, 0.15) is 24.5 Å². The first-order chi connectivity index (χ1) is 15.3. The van der Waals surface area contributed by atoms with E-state index in [1.54, 1.807) is 20.5 Å². The Hall–Kier alpha value is -3.80. The van der Waals surface area contributed by atoms with Crippen molar-refractivity contribution in [3.05, 3.63) is 78.1 Å². The van der Waals surface area contributed by atoms with Gasteiger partial charge in [0.25, 0.3) is 0 Å². The van der Waals surface area contributed by atoms with E-state index in [0.717, 1.165) is 46.7 Å². The fourth-order valence-corrected chi connectivity index (χ4v) is 4.01. The van der Waals surface area contributed by atoms with E-state index in [1.165, 1.54) is 5.56 Å². The predicted octanol–water partition coefficient (Wildman–Crippen LogP) is 4.92. The van der Waals surface area contributed by atoms with Crippen molar-refractivity contribution in [3.8, 4) is 17.2 Å². The molecule has 0 spiro atoms. The summed E-state index contributed by atoms with van der Waals surface area (Å²) in [7, 11) is 3.26. The first kappa shape index (κ1) is 19.2. The molecule has 31 heavy (non-hydrogen) atoms. The third-order valence-electron chi connectivity index (χ3n) is 5.57. The van der Waals surface area contributed by atoms with E-state index >= 15 is 0 Å². The van der Waals surface area contributed by atoms with Gasteiger partial charge in [0.05, 0.1) is 19.7 Å². The molecule has 6 nitrogen and oxygen atoms in total. The first-order valence-electron chi connectivity index (χ1n) is 10.2. The Morgan fingerprint density at radius 3 is 2.52 bits per heavy atom. The van der Waals surface area contributed by atoms with Crippen LogP contribution in [0.2, 0.25) is 0 Å². The van der Waals surface area contributed by atoms with Gasteiger partial charge >= 0.3 is 0 Å². The molecule has 4 aromatic rings. The van der Waals surface area contributed by atoms with Crippen molar-refractivity contribution in [2.45, 2.75) is 13.0 Å². The van der Waals surface area contributed by atoms with Gasteiger partial charge in [-0.3, -0.25) is 0 Å². The molecule has 0 atom stereocenters. The second-order valence-electron chi connectivity index (χ2n) is 7.39. The Morgan fingerprint density at radius 1 is 0.903 bits per heavy atom. The van der Waals surface area contributed by atoms with Gasteiger partial charge in [-0.25, -0.2) is 9.97 Å². The number of hydrogen-bond donors (Lipinski definition) is 0. The van der Waals surface area contributed by atoms with Crippen LogP contribution in [0.25, 0.3) is 10.9 Å². The van der Waals surface area contributed by atoms with E-state index in [-0.39, 0.29) is 0 Å². The summed E-state index contributed by atoms with van der Waals surface area (Å²) in [6, 6.07) is 20.3. The lowest BCUT2D eigenvalue weighted by Gasteiger charge is -2.21. The second kappa shape index (κ2) is 8.14. The maximum absolute atomic E-state index is 6.01. The van der Waals surface area contributed by atoms with Crippen LogP contribution < -0.4 is 19.1 Å². The summed E-state index contributed by atoms with van der Waals surface area (Å²) in [4.78, 5) is 11.3. The van der Waals surface area contributed by atoms with Crippen LogP contribution >= 0.6 is 0 Å². The number of hydrogen-bond acceptors (Lipinski definition) is 6. The van der Waals surface area contributed by atoms with Crippen molar-refractivity contribution in [1.82, 2.24) is 9.97 Å². The van der Waals surface area contributed by atoms with Crippen LogP contribution in [0.15, 0.2) is 67.0 Å². The van der Waals surface area contributed by atoms with Gasteiger partial charge in [-0.05, 0) is 41.8 Å². The number of fused-ring (bicyclic) bond motifs is 2. The van der Waals surface area contributed by atoms with Crippen LogP contribution in [0, 0.1) is 0 Å². The molecule has 1 aromatic heterocycles. The zero-order valence-corrected chi connectivity index (χ0v) is 17.5. The molecule has 3 aromatic carbocycles. The van der Waals surface area contributed by atoms with E-state index in [0.29, 0.717) is 18.1 Å². The van der Waals surface area contributed by atoms with Gasteiger partial charge in [0.2, 0.25) is 0 Å². The number of methoxy groups -OCH3 is 2. The molecular weight excluding hydrogens is 390 g/mol. The number of rotatable bonds is 6. The molecule has 0 fully saturated rings. The molecule has 0 aliphatic carbocycles.